The Labute approximate surface area is 332 Å². The summed E-state index contributed by atoms with van der Waals surface area (Å²) in [6.45, 7) is 4.52. The lowest BCUT2D eigenvalue weighted by Crippen LogP contribution is -2.45. The molecule has 3 unspecified atom stereocenters. The quantitative estimate of drug-likeness (QED) is 0.0249. The largest absolute Gasteiger partial charge is 0.472 e. The van der Waals surface area contributed by atoms with Crippen molar-refractivity contribution in [2.45, 2.75) is 180 Å². The van der Waals surface area contributed by atoms with Crippen LogP contribution in [-0.4, -0.2) is 73.4 Å². The second-order valence-corrected chi connectivity index (χ2v) is 17.2. The molecule has 0 spiro atoms. The number of amides is 1. The Morgan fingerprint density at radius 2 is 1.15 bits per heavy atom. The first kappa shape index (κ1) is 52.2. The highest BCUT2D eigenvalue weighted by Crippen LogP contribution is 2.43. The zero-order valence-electron chi connectivity index (χ0n) is 35.4. The summed E-state index contributed by atoms with van der Waals surface area (Å²) in [6, 6.07) is -0.869. The summed E-state index contributed by atoms with van der Waals surface area (Å²) in [4.78, 5) is 23.0. The van der Waals surface area contributed by atoms with Gasteiger partial charge >= 0.3 is 7.82 Å². The first-order valence-corrected chi connectivity index (χ1v) is 23.1. The minimum Gasteiger partial charge on any atom is -0.387 e. The zero-order chi connectivity index (χ0) is 40.0. The molecule has 0 saturated carbocycles. The Hall–Kier alpha value is -1.80. The number of likely N-dealkylation sites (N-methyl/N-ethyl adjacent to an activating group) is 1. The monoisotopic (exact) mass is 780 g/mol. The molecule has 3 N–H and O–H groups in total. The van der Waals surface area contributed by atoms with Crippen LogP contribution in [0.15, 0.2) is 60.8 Å². The topological polar surface area (TPSA) is 105 Å². The molecular weight excluding hydrogens is 695 g/mol. The Morgan fingerprint density at radius 3 is 1.69 bits per heavy atom. The van der Waals surface area contributed by atoms with Gasteiger partial charge in [0.1, 0.15) is 13.2 Å². The van der Waals surface area contributed by atoms with Crippen LogP contribution in [0.5, 0.6) is 0 Å². The highest BCUT2D eigenvalue weighted by Gasteiger charge is 2.27. The number of unbranched alkanes of at least 4 members (excludes halogenated alkanes) is 18. The third-order valence-corrected chi connectivity index (χ3v) is 10.3. The molecule has 0 aromatic carbocycles. The van der Waals surface area contributed by atoms with Crippen LogP contribution in [-0.2, 0) is 18.4 Å². The summed E-state index contributed by atoms with van der Waals surface area (Å²) in [7, 11) is 1.53. The van der Waals surface area contributed by atoms with Crippen molar-refractivity contribution in [3.8, 4) is 0 Å². The average Bonchev–Trinajstić information content (AvgIpc) is 3.12. The lowest BCUT2D eigenvalue weighted by atomic mass is 10.0. The van der Waals surface area contributed by atoms with E-state index in [-0.39, 0.29) is 19.1 Å². The van der Waals surface area contributed by atoms with Gasteiger partial charge in [-0.05, 0) is 71.1 Å². The van der Waals surface area contributed by atoms with Gasteiger partial charge in [-0.3, -0.25) is 13.8 Å². The third kappa shape index (κ3) is 38.5. The number of quaternary nitrogens is 1. The predicted molar refractivity (Wildman–Crippen MR) is 230 cm³/mol. The predicted octanol–water partition coefficient (Wildman–Crippen LogP) is 11.9. The maximum absolute atomic E-state index is 12.8. The molecule has 0 fully saturated rings. The number of phosphoric acid groups is 1. The smallest absolute Gasteiger partial charge is 0.387 e. The van der Waals surface area contributed by atoms with Crippen LogP contribution >= 0.6 is 7.82 Å². The number of rotatable bonds is 38. The van der Waals surface area contributed by atoms with Crippen molar-refractivity contribution in [3.05, 3.63) is 60.8 Å². The van der Waals surface area contributed by atoms with Crippen molar-refractivity contribution >= 4 is 13.7 Å². The van der Waals surface area contributed by atoms with E-state index in [1.54, 1.807) is 6.08 Å². The van der Waals surface area contributed by atoms with Crippen LogP contribution in [0.25, 0.3) is 0 Å². The second kappa shape index (κ2) is 36.8. The van der Waals surface area contributed by atoms with E-state index < -0.39 is 20.0 Å². The van der Waals surface area contributed by atoms with Gasteiger partial charge in [0.25, 0.3) is 0 Å². The average molecular weight is 780 g/mol. The molecule has 0 heterocycles. The van der Waals surface area contributed by atoms with Crippen LogP contribution in [0, 0.1) is 0 Å². The van der Waals surface area contributed by atoms with Gasteiger partial charge in [-0.1, -0.05) is 151 Å². The number of phosphoric ester groups is 1. The zero-order valence-corrected chi connectivity index (χ0v) is 36.3. The summed E-state index contributed by atoms with van der Waals surface area (Å²) >= 11 is 0. The molecule has 54 heavy (non-hydrogen) atoms. The summed E-state index contributed by atoms with van der Waals surface area (Å²) in [5.74, 6) is -0.199. The van der Waals surface area contributed by atoms with Gasteiger partial charge < -0.3 is 19.8 Å². The Bertz CT molecular complexity index is 1060. The maximum atomic E-state index is 12.8. The molecule has 1 amide bonds. The standard InChI is InChI=1S/C45H83N2O6P/c1-6-8-10-12-14-16-17-18-19-20-21-22-23-24-25-26-27-28-29-31-33-35-37-39-45(49)46-43(42-53-54(50,51)52-41-40-47(3,4)5)44(48)38-36-34-32-30-15-13-11-9-7-2/h7,9,15,17-18,20-21,30,36,38,43-44,48H,6,8,10-14,16,19,22-29,31-35,37,39-42H2,1-5H3,(H-,46,49,50,51)/p+1/b9-7+,18-17-,21-20-,30-15+,38-36+. The molecule has 0 rings (SSSR count). The van der Waals surface area contributed by atoms with E-state index in [4.69, 9.17) is 9.05 Å². The fraction of sp³-hybridized carbons (Fsp3) is 0.756. The Morgan fingerprint density at radius 1 is 0.667 bits per heavy atom. The molecule has 3 atom stereocenters. The lowest BCUT2D eigenvalue weighted by Gasteiger charge is -2.25. The Kier molecular flexibility index (Phi) is 35.6. The van der Waals surface area contributed by atoms with Crippen molar-refractivity contribution in [2.24, 2.45) is 0 Å². The van der Waals surface area contributed by atoms with Crippen LogP contribution in [0.4, 0.5) is 0 Å². The molecule has 0 radical (unpaired) electrons. The Balaban J connectivity index is 4.26. The first-order chi connectivity index (χ1) is 26.0. The second-order valence-electron chi connectivity index (χ2n) is 15.7. The lowest BCUT2D eigenvalue weighted by molar-refractivity contribution is -0.870. The van der Waals surface area contributed by atoms with Gasteiger partial charge in [0, 0.05) is 6.42 Å². The number of aliphatic hydroxyl groups excluding tert-OH is 1. The summed E-state index contributed by atoms with van der Waals surface area (Å²) in [5, 5.41) is 13.7. The molecule has 0 aliphatic carbocycles. The van der Waals surface area contributed by atoms with Gasteiger partial charge in [0.15, 0.2) is 0 Å². The molecule has 0 aromatic rings. The van der Waals surface area contributed by atoms with E-state index in [2.05, 4.69) is 54.8 Å². The maximum Gasteiger partial charge on any atom is 0.472 e. The molecule has 0 saturated heterocycles. The number of aliphatic hydroxyl groups is 1. The minimum absolute atomic E-state index is 0.0506. The van der Waals surface area contributed by atoms with E-state index in [9.17, 15) is 19.4 Å². The van der Waals surface area contributed by atoms with E-state index in [1.165, 1.54) is 96.3 Å². The molecule has 0 aliphatic rings. The minimum atomic E-state index is -4.34. The van der Waals surface area contributed by atoms with Gasteiger partial charge in [-0.15, -0.1) is 0 Å². The molecular formula is C45H84N2O6P+. The van der Waals surface area contributed by atoms with E-state index in [0.717, 1.165) is 51.4 Å². The first-order valence-electron chi connectivity index (χ1n) is 21.6. The van der Waals surface area contributed by atoms with Crippen molar-refractivity contribution in [1.82, 2.24) is 5.32 Å². The molecule has 0 aliphatic heterocycles. The molecule has 0 aromatic heterocycles. The van der Waals surface area contributed by atoms with Crippen molar-refractivity contribution in [3.63, 3.8) is 0 Å². The molecule has 8 nitrogen and oxygen atoms in total. The van der Waals surface area contributed by atoms with Crippen molar-refractivity contribution in [2.75, 3.05) is 40.9 Å². The van der Waals surface area contributed by atoms with Gasteiger partial charge in [0.05, 0.1) is 39.9 Å². The number of carbonyl (C=O) groups is 1. The number of hydrogen-bond acceptors (Lipinski definition) is 5. The van der Waals surface area contributed by atoms with Crippen LogP contribution in [0.1, 0.15) is 168 Å². The third-order valence-electron chi connectivity index (χ3n) is 9.28. The van der Waals surface area contributed by atoms with Gasteiger partial charge in [-0.25, -0.2) is 4.57 Å². The fourth-order valence-corrected chi connectivity index (χ4v) is 6.55. The van der Waals surface area contributed by atoms with E-state index in [1.807, 2.05) is 40.2 Å². The summed E-state index contributed by atoms with van der Waals surface area (Å²) < 4.78 is 23.4. The van der Waals surface area contributed by atoms with Crippen molar-refractivity contribution in [1.29, 1.82) is 0 Å². The normalized spacial score (nSPS) is 15.0. The van der Waals surface area contributed by atoms with Gasteiger partial charge in [-0.2, -0.15) is 0 Å². The fourth-order valence-electron chi connectivity index (χ4n) is 5.81. The highest BCUT2D eigenvalue weighted by molar-refractivity contribution is 7.47. The molecule has 9 heteroatoms. The molecule has 314 valence electrons. The summed E-state index contributed by atoms with van der Waals surface area (Å²) in [5.41, 5.74) is 0. The highest BCUT2D eigenvalue weighted by atomic mass is 31.2. The van der Waals surface area contributed by atoms with Crippen molar-refractivity contribution < 1.29 is 32.9 Å². The van der Waals surface area contributed by atoms with E-state index in [0.29, 0.717) is 17.4 Å². The van der Waals surface area contributed by atoms with E-state index >= 15 is 0 Å². The number of nitrogens with one attached hydrogen (secondary N) is 1. The number of allylic oxidation sites excluding steroid dienone is 9. The number of nitrogens with zero attached hydrogens (tertiary/aromatic N) is 1. The summed E-state index contributed by atoms with van der Waals surface area (Å²) in [6.07, 6.45) is 47.5. The van der Waals surface area contributed by atoms with Crippen LogP contribution < -0.4 is 5.32 Å². The SMILES string of the molecule is C/C=C/CC/C=C/CC/C=C/C(O)C(COP(=O)(O)OCC[N+](C)(C)C)NC(=O)CCCCCCCCCCCCC/C=C\C/C=C\CCCCCCC. The van der Waals surface area contributed by atoms with Crippen LogP contribution in [0.3, 0.4) is 0 Å². The van der Waals surface area contributed by atoms with Crippen LogP contribution in [0.2, 0.25) is 0 Å². The molecule has 0 bridgehead atoms. The number of carbonyl (C=O) groups excluding carboxylic acids is 1. The number of hydrogen-bond donors (Lipinski definition) is 3. The van der Waals surface area contributed by atoms with Gasteiger partial charge in [0.2, 0.25) is 5.91 Å².